The highest BCUT2D eigenvalue weighted by Crippen LogP contribution is 2.17. The van der Waals surface area contributed by atoms with Crippen LogP contribution in [0.5, 0.6) is 5.75 Å². The van der Waals surface area contributed by atoms with Gasteiger partial charge in [-0.25, -0.2) is 0 Å². The molecule has 2 rings (SSSR count). The van der Waals surface area contributed by atoms with Crippen LogP contribution in [0.2, 0.25) is 0 Å². The first-order valence-electron chi connectivity index (χ1n) is 7.24. The van der Waals surface area contributed by atoms with Crippen LogP contribution in [0.15, 0.2) is 24.3 Å². The Morgan fingerprint density at radius 2 is 2.05 bits per heavy atom. The molecule has 0 atom stereocenters. The summed E-state index contributed by atoms with van der Waals surface area (Å²) in [4.78, 5) is 12.0. The molecule has 0 spiro atoms. The van der Waals surface area contributed by atoms with Crippen molar-refractivity contribution in [2.45, 2.75) is 26.7 Å². The highest BCUT2D eigenvalue weighted by Gasteiger charge is 2.09. The molecule has 0 saturated carbocycles. The molecule has 0 saturated heterocycles. The molecular weight excluding hydrogens is 282 g/mol. The normalized spacial score (nSPS) is 10.5. The number of hydrogen-bond donors (Lipinski definition) is 3. The molecule has 22 heavy (non-hydrogen) atoms. The molecule has 118 valence electrons. The number of ether oxygens (including phenoxy) is 1. The molecule has 0 aliphatic carbocycles. The number of aliphatic hydroxyl groups is 1. The van der Waals surface area contributed by atoms with E-state index in [4.69, 9.17) is 9.84 Å². The smallest absolute Gasteiger partial charge is 0.224 e. The number of aryl methyl sites for hydroxylation is 2. The van der Waals surface area contributed by atoms with Crippen LogP contribution in [-0.4, -0.2) is 34.4 Å². The van der Waals surface area contributed by atoms with Gasteiger partial charge in [-0.05, 0) is 50.1 Å². The van der Waals surface area contributed by atoms with Gasteiger partial charge in [0.2, 0.25) is 5.91 Å². The van der Waals surface area contributed by atoms with Crippen LogP contribution < -0.4 is 10.1 Å². The summed E-state index contributed by atoms with van der Waals surface area (Å²) in [5.41, 5.74) is 3.77. The first kappa shape index (κ1) is 16.0. The van der Waals surface area contributed by atoms with E-state index in [2.05, 4.69) is 15.5 Å². The zero-order valence-electron chi connectivity index (χ0n) is 12.8. The number of carbonyl (C=O) groups excluding carboxylic acids is 1. The van der Waals surface area contributed by atoms with Gasteiger partial charge in [0.25, 0.3) is 0 Å². The maximum atomic E-state index is 12.0. The quantitative estimate of drug-likeness (QED) is 0.730. The Labute approximate surface area is 129 Å². The van der Waals surface area contributed by atoms with E-state index < -0.39 is 0 Å². The molecule has 2 aromatic rings. The van der Waals surface area contributed by atoms with Crippen molar-refractivity contribution >= 4 is 11.6 Å². The number of H-pyrrole nitrogens is 1. The van der Waals surface area contributed by atoms with E-state index in [1.165, 1.54) is 0 Å². The van der Waals surface area contributed by atoms with Gasteiger partial charge in [-0.15, -0.1) is 0 Å². The van der Waals surface area contributed by atoms with Gasteiger partial charge in [-0.3, -0.25) is 9.89 Å². The number of rotatable bonds is 7. The lowest BCUT2D eigenvalue weighted by Gasteiger charge is -2.07. The minimum Gasteiger partial charge on any atom is -0.491 e. The van der Waals surface area contributed by atoms with E-state index in [0.29, 0.717) is 18.6 Å². The number of benzene rings is 1. The molecule has 0 radical (unpaired) electrons. The predicted molar refractivity (Wildman–Crippen MR) is 84.0 cm³/mol. The van der Waals surface area contributed by atoms with Crippen molar-refractivity contribution in [1.82, 2.24) is 10.2 Å². The summed E-state index contributed by atoms with van der Waals surface area (Å²) in [6.45, 7) is 4.13. The summed E-state index contributed by atoms with van der Waals surface area (Å²) in [5, 5.41) is 18.6. The Hall–Kier alpha value is -2.34. The van der Waals surface area contributed by atoms with Gasteiger partial charge >= 0.3 is 0 Å². The van der Waals surface area contributed by atoms with E-state index in [1.54, 1.807) is 24.3 Å². The number of aromatic amines is 1. The summed E-state index contributed by atoms with van der Waals surface area (Å²) in [7, 11) is 0. The van der Waals surface area contributed by atoms with Crippen LogP contribution in [0.25, 0.3) is 0 Å². The molecular formula is C16H21N3O3. The molecule has 0 fully saturated rings. The van der Waals surface area contributed by atoms with Crippen LogP contribution in [0, 0.1) is 13.8 Å². The molecule has 0 unspecified atom stereocenters. The van der Waals surface area contributed by atoms with Gasteiger partial charge in [0.15, 0.2) is 0 Å². The molecule has 1 heterocycles. The fraction of sp³-hybridized carbons (Fsp3) is 0.375. The molecule has 1 aromatic carbocycles. The molecule has 0 bridgehead atoms. The van der Waals surface area contributed by atoms with Crippen molar-refractivity contribution < 1.29 is 14.6 Å². The maximum Gasteiger partial charge on any atom is 0.224 e. The largest absolute Gasteiger partial charge is 0.491 e. The molecule has 1 amide bonds. The lowest BCUT2D eigenvalue weighted by Crippen LogP contribution is -2.12. The standard InChI is InChI=1S/C16H21N3O3/c1-11-15(12(2)19-18-11)7-8-16(21)17-13-3-5-14(6-4-13)22-10-9-20/h3-6,20H,7-10H2,1-2H3,(H,17,21)(H,18,19). The minimum atomic E-state index is -0.0379. The second-order valence-electron chi connectivity index (χ2n) is 5.06. The van der Waals surface area contributed by atoms with Crippen molar-refractivity contribution in [1.29, 1.82) is 0 Å². The van der Waals surface area contributed by atoms with Crippen LogP contribution in [0.1, 0.15) is 23.4 Å². The Morgan fingerprint density at radius 1 is 1.32 bits per heavy atom. The van der Waals surface area contributed by atoms with E-state index in [-0.39, 0.29) is 19.1 Å². The summed E-state index contributed by atoms with van der Waals surface area (Å²) in [6.07, 6.45) is 1.07. The average Bonchev–Trinajstić information content (AvgIpc) is 2.83. The van der Waals surface area contributed by atoms with E-state index in [1.807, 2.05) is 13.8 Å². The average molecular weight is 303 g/mol. The van der Waals surface area contributed by atoms with Gasteiger partial charge in [0.1, 0.15) is 12.4 Å². The van der Waals surface area contributed by atoms with Gasteiger partial charge in [-0.1, -0.05) is 0 Å². The number of anilines is 1. The van der Waals surface area contributed by atoms with Crippen molar-refractivity contribution in [2.24, 2.45) is 0 Å². The lowest BCUT2D eigenvalue weighted by atomic mass is 10.1. The fourth-order valence-corrected chi connectivity index (χ4v) is 2.20. The zero-order valence-corrected chi connectivity index (χ0v) is 12.8. The number of aliphatic hydroxyl groups excluding tert-OH is 1. The van der Waals surface area contributed by atoms with Crippen LogP contribution >= 0.6 is 0 Å². The summed E-state index contributed by atoms with van der Waals surface area (Å²) < 4.78 is 5.26. The van der Waals surface area contributed by atoms with Crippen LogP contribution in [0.4, 0.5) is 5.69 Å². The molecule has 6 heteroatoms. The van der Waals surface area contributed by atoms with Crippen molar-refractivity contribution in [3.8, 4) is 5.75 Å². The Balaban J connectivity index is 1.84. The number of amides is 1. The third kappa shape index (κ3) is 4.33. The van der Waals surface area contributed by atoms with Gasteiger partial charge in [0.05, 0.1) is 12.3 Å². The van der Waals surface area contributed by atoms with Gasteiger partial charge < -0.3 is 15.2 Å². The van der Waals surface area contributed by atoms with Crippen LogP contribution in [-0.2, 0) is 11.2 Å². The molecule has 0 aliphatic rings. The Bertz CT molecular complexity index is 601. The number of aromatic nitrogens is 2. The Kier molecular flexibility index (Phi) is 5.55. The van der Waals surface area contributed by atoms with Crippen molar-refractivity contribution in [3.63, 3.8) is 0 Å². The number of carbonyl (C=O) groups is 1. The maximum absolute atomic E-state index is 12.0. The van der Waals surface area contributed by atoms with E-state index in [9.17, 15) is 4.79 Å². The highest BCUT2D eigenvalue weighted by molar-refractivity contribution is 5.90. The second kappa shape index (κ2) is 7.61. The zero-order chi connectivity index (χ0) is 15.9. The second-order valence-corrected chi connectivity index (χ2v) is 5.06. The molecule has 0 aliphatic heterocycles. The summed E-state index contributed by atoms with van der Waals surface area (Å²) >= 11 is 0. The first-order valence-corrected chi connectivity index (χ1v) is 7.24. The highest BCUT2D eigenvalue weighted by atomic mass is 16.5. The molecule has 3 N–H and O–H groups in total. The number of nitrogens with one attached hydrogen (secondary N) is 2. The van der Waals surface area contributed by atoms with Gasteiger partial charge in [-0.2, -0.15) is 5.10 Å². The summed E-state index contributed by atoms with van der Waals surface area (Å²) in [6, 6.07) is 7.07. The fourth-order valence-electron chi connectivity index (χ4n) is 2.20. The lowest BCUT2D eigenvalue weighted by molar-refractivity contribution is -0.116. The van der Waals surface area contributed by atoms with Gasteiger partial charge in [0, 0.05) is 17.8 Å². The predicted octanol–water partition coefficient (Wildman–Crippen LogP) is 1.97. The van der Waals surface area contributed by atoms with Crippen molar-refractivity contribution in [2.75, 3.05) is 18.5 Å². The first-order chi connectivity index (χ1) is 10.6. The number of hydrogen-bond acceptors (Lipinski definition) is 4. The topological polar surface area (TPSA) is 87.2 Å². The summed E-state index contributed by atoms with van der Waals surface area (Å²) in [5.74, 6) is 0.626. The van der Waals surface area contributed by atoms with E-state index in [0.717, 1.165) is 22.6 Å². The van der Waals surface area contributed by atoms with Crippen molar-refractivity contribution in [3.05, 3.63) is 41.2 Å². The molecule has 1 aromatic heterocycles. The minimum absolute atomic E-state index is 0.0225. The molecule has 6 nitrogen and oxygen atoms in total. The van der Waals surface area contributed by atoms with Crippen LogP contribution in [0.3, 0.4) is 0 Å². The third-order valence-electron chi connectivity index (χ3n) is 3.38. The van der Waals surface area contributed by atoms with E-state index >= 15 is 0 Å². The third-order valence-corrected chi connectivity index (χ3v) is 3.38. The Morgan fingerprint density at radius 3 is 2.64 bits per heavy atom. The SMILES string of the molecule is Cc1n[nH]c(C)c1CCC(=O)Nc1ccc(OCCO)cc1. The number of nitrogens with zero attached hydrogens (tertiary/aromatic N) is 1. The monoisotopic (exact) mass is 303 g/mol.